The van der Waals surface area contributed by atoms with E-state index in [1.165, 1.54) is 19.2 Å². The molecule has 0 heterocycles. The van der Waals surface area contributed by atoms with Crippen LogP contribution in [0.1, 0.15) is 18.4 Å². The van der Waals surface area contributed by atoms with E-state index in [2.05, 4.69) is 15.9 Å². The fourth-order valence-electron chi connectivity index (χ4n) is 2.79. The molecule has 0 saturated heterocycles. The third kappa shape index (κ3) is 4.94. The zero-order valence-electron chi connectivity index (χ0n) is 14.8. The Morgan fingerprint density at radius 3 is 2.44 bits per heavy atom. The van der Waals surface area contributed by atoms with Gasteiger partial charge in [-0.2, -0.15) is 4.31 Å². The van der Waals surface area contributed by atoms with E-state index in [1.807, 2.05) is 24.3 Å². The highest BCUT2D eigenvalue weighted by Gasteiger charge is 2.34. The van der Waals surface area contributed by atoms with Crippen molar-refractivity contribution in [3.8, 4) is 0 Å². The summed E-state index contributed by atoms with van der Waals surface area (Å²) in [4.78, 5) is 14.5. The van der Waals surface area contributed by atoms with Crippen molar-refractivity contribution in [2.24, 2.45) is 0 Å². The molecule has 1 fully saturated rings. The molecule has 0 N–H and O–H groups in total. The van der Waals surface area contributed by atoms with Crippen LogP contribution in [0.3, 0.4) is 0 Å². The number of nitrogens with zero attached hydrogens (tertiary/aromatic N) is 2. The molecule has 2 aromatic rings. The number of amides is 1. The highest BCUT2D eigenvalue weighted by Crippen LogP contribution is 2.29. The normalized spacial score (nSPS) is 14.4. The van der Waals surface area contributed by atoms with Crippen LogP contribution >= 0.6 is 15.9 Å². The molecular formula is C19H20BrFN2O3S. The van der Waals surface area contributed by atoms with Crippen molar-refractivity contribution >= 4 is 31.9 Å². The van der Waals surface area contributed by atoms with E-state index in [1.54, 1.807) is 4.90 Å². The maximum atomic E-state index is 13.1. The van der Waals surface area contributed by atoms with Crippen molar-refractivity contribution < 1.29 is 17.6 Å². The van der Waals surface area contributed by atoms with Crippen LogP contribution in [0.2, 0.25) is 0 Å². The fraction of sp³-hybridized carbons (Fsp3) is 0.316. The quantitative estimate of drug-likeness (QED) is 0.643. The van der Waals surface area contributed by atoms with E-state index < -0.39 is 15.8 Å². The Balaban J connectivity index is 1.72. The van der Waals surface area contributed by atoms with Crippen molar-refractivity contribution in [2.45, 2.75) is 30.3 Å². The number of likely N-dealkylation sites (N-methyl/N-ethyl adjacent to an activating group) is 1. The molecule has 0 atom stereocenters. The topological polar surface area (TPSA) is 57.7 Å². The summed E-state index contributed by atoms with van der Waals surface area (Å²) < 4.78 is 40.2. The van der Waals surface area contributed by atoms with Crippen LogP contribution in [0.5, 0.6) is 0 Å². The highest BCUT2D eigenvalue weighted by molar-refractivity contribution is 9.10. The lowest BCUT2D eigenvalue weighted by atomic mass is 10.2. The number of carbonyl (C=O) groups is 1. The number of hydrogen-bond acceptors (Lipinski definition) is 3. The second-order valence-electron chi connectivity index (χ2n) is 6.60. The van der Waals surface area contributed by atoms with E-state index in [-0.39, 0.29) is 23.4 Å². The zero-order valence-corrected chi connectivity index (χ0v) is 17.2. The van der Waals surface area contributed by atoms with Gasteiger partial charge in [0.25, 0.3) is 0 Å². The van der Waals surface area contributed by atoms with Crippen LogP contribution in [-0.4, -0.2) is 43.2 Å². The second kappa shape index (κ2) is 8.08. The Kier molecular flexibility index (Phi) is 5.98. The Labute approximate surface area is 167 Å². The van der Waals surface area contributed by atoms with Gasteiger partial charge in [-0.05, 0) is 54.8 Å². The molecule has 0 unspecified atom stereocenters. The van der Waals surface area contributed by atoms with E-state index in [4.69, 9.17) is 0 Å². The van der Waals surface area contributed by atoms with Crippen LogP contribution in [0.25, 0.3) is 0 Å². The summed E-state index contributed by atoms with van der Waals surface area (Å²) in [5.41, 5.74) is 0.980. The molecule has 1 amide bonds. The Bertz CT molecular complexity index is 930. The van der Waals surface area contributed by atoms with Crippen molar-refractivity contribution in [1.29, 1.82) is 0 Å². The van der Waals surface area contributed by atoms with Gasteiger partial charge in [0.1, 0.15) is 5.82 Å². The first kappa shape index (κ1) is 20.0. The molecule has 1 saturated carbocycles. The summed E-state index contributed by atoms with van der Waals surface area (Å²) >= 11 is 3.42. The van der Waals surface area contributed by atoms with Gasteiger partial charge in [0.15, 0.2) is 0 Å². The first-order valence-corrected chi connectivity index (χ1v) is 10.8. The first-order valence-electron chi connectivity index (χ1n) is 8.53. The van der Waals surface area contributed by atoms with Crippen LogP contribution in [0.15, 0.2) is 57.9 Å². The number of halogens is 2. The maximum Gasteiger partial charge on any atom is 0.243 e. The Morgan fingerprint density at radius 2 is 1.85 bits per heavy atom. The summed E-state index contributed by atoms with van der Waals surface area (Å²) in [6, 6.07) is 12.4. The lowest BCUT2D eigenvalue weighted by Crippen LogP contribution is -2.41. The third-order valence-corrected chi connectivity index (χ3v) is 6.74. The molecule has 144 valence electrons. The molecule has 0 spiro atoms. The number of hydrogen-bond donors (Lipinski definition) is 0. The molecular weight excluding hydrogens is 435 g/mol. The molecule has 27 heavy (non-hydrogen) atoms. The van der Waals surface area contributed by atoms with Gasteiger partial charge in [0.2, 0.25) is 15.9 Å². The van der Waals surface area contributed by atoms with Crippen molar-refractivity contribution in [1.82, 2.24) is 9.21 Å². The SMILES string of the molecule is CN(CC(=O)N(Cc1cccc(Br)c1)C1CC1)S(=O)(=O)c1ccc(F)cc1. The van der Waals surface area contributed by atoms with Gasteiger partial charge in [-0.25, -0.2) is 12.8 Å². The predicted octanol–water partition coefficient (Wildman–Crippen LogP) is 3.40. The van der Waals surface area contributed by atoms with E-state index in [0.29, 0.717) is 6.54 Å². The molecule has 0 aliphatic heterocycles. The maximum absolute atomic E-state index is 13.1. The number of carbonyl (C=O) groups excluding carboxylic acids is 1. The average molecular weight is 455 g/mol. The molecule has 5 nitrogen and oxygen atoms in total. The molecule has 8 heteroatoms. The van der Waals surface area contributed by atoms with Gasteiger partial charge in [0.05, 0.1) is 11.4 Å². The zero-order chi connectivity index (χ0) is 19.6. The largest absolute Gasteiger partial charge is 0.334 e. The summed E-state index contributed by atoms with van der Waals surface area (Å²) in [6.45, 7) is 0.178. The fourth-order valence-corrected chi connectivity index (χ4v) is 4.36. The summed E-state index contributed by atoms with van der Waals surface area (Å²) in [6.07, 6.45) is 1.85. The molecule has 1 aliphatic carbocycles. The number of benzene rings is 2. The number of sulfonamides is 1. The molecule has 0 radical (unpaired) electrons. The van der Waals surface area contributed by atoms with Gasteiger partial charge in [-0.15, -0.1) is 0 Å². The Morgan fingerprint density at radius 1 is 1.19 bits per heavy atom. The minimum atomic E-state index is -3.86. The van der Waals surface area contributed by atoms with E-state index in [9.17, 15) is 17.6 Å². The van der Waals surface area contributed by atoms with Gasteiger partial charge in [-0.1, -0.05) is 28.1 Å². The third-order valence-electron chi connectivity index (χ3n) is 4.43. The summed E-state index contributed by atoms with van der Waals surface area (Å²) in [7, 11) is -2.50. The molecule has 0 bridgehead atoms. The number of rotatable bonds is 7. The summed E-state index contributed by atoms with van der Waals surface area (Å²) in [5, 5.41) is 0. The van der Waals surface area contributed by atoms with Gasteiger partial charge in [0, 0.05) is 24.1 Å². The van der Waals surface area contributed by atoms with Gasteiger partial charge < -0.3 is 4.90 Å². The molecule has 2 aromatic carbocycles. The van der Waals surface area contributed by atoms with Crippen LogP contribution < -0.4 is 0 Å². The molecule has 3 rings (SSSR count). The van der Waals surface area contributed by atoms with Crippen molar-refractivity contribution in [3.05, 3.63) is 64.4 Å². The average Bonchev–Trinajstić information content (AvgIpc) is 3.45. The smallest absolute Gasteiger partial charge is 0.243 e. The lowest BCUT2D eigenvalue weighted by Gasteiger charge is -2.25. The van der Waals surface area contributed by atoms with Crippen LogP contribution in [0.4, 0.5) is 4.39 Å². The van der Waals surface area contributed by atoms with E-state index in [0.717, 1.165) is 39.3 Å². The minimum absolute atomic E-state index is 0.0378. The van der Waals surface area contributed by atoms with Crippen molar-refractivity contribution in [2.75, 3.05) is 13.6 Å². The standard InChI is InChI=1S/C19H20BrFN2O3S/c1-22(27(25,26)18-9-5-16(21)6-10-18)13-19(24)23(17-7-8-17)12-14-3-2-4-15(20)11-14/h2-6,9-11,17H,7-8,12-13H2,1H3. The Hall–Kier alpha value is -1.77. The molecule has 0 aromatic heterocycles. The van der Waals surface area contributed by atoms with Gasteiger partial charge >= 0.3 is 0 Å². The summed E-state index contributed by atoms with van der Waals surface area (Å²) in [5.74, 6) is -0.757. The molecule has 1 aliphatic rings. The lowest BCUT2D eigenvalue weighted by molar-refractivity contribution is -0.132. The van der Waals surface area contributed by atoms with Crippen molar-refractivity contribution in [3.63, 3.8) is 0 Å². The second-order valence-corrected chi connectivity index (χ2v) is 9.56. The monoisotopic (exact) mass is 454 g/mol. The predicted molar refractivity (Wildman–Crippen MR) is 104 cm³/mol. The van der Waals surface area contributed by atoms with Crippen LogP contribution in [-0.2, 0) is 21.4 Å². The highest BCUT2D eigenvalue weighted by atomic mass is 79.9. The first-order chi connectivity index (χ1) is 12.8. The van der Waals surface area contributed by atoms with Crippen LogP contribution in [0, 0.1) is 5.82 Å². The minimum Gasteiger partial charge on any atom is -0.334 e. The van der Waals surface area contributed by atoms with Gasteiger partial charge in [-0.3, -0.25) is 4.79 Å². The van der Waals surface area contributed by atoms with E-state index >= 15 is 0 Å².